The van der Waals surface area contributed by atoms with Gasteiger partial charge in [0.05, 0.1) is 18.5 Å². The van der Waals surface area contributed by atoms with E-state index in [2.05, 4.69) is 5.32 Å². The number of rotatable bonds is 4. The van der Waals surface area contributed by atoms with Crippen LogP contribution in [0, 0.1) is 13.8 Å². The Bertz CT molecular complexity index is 1440. The summed E-state index contributed by atoms with van der Waals surface area (Å²) in [7, 11) is 1.57. The predicted octanol–water partition coefficient (Wildman–Crippen LogP) is 4.15. The highest BCUT2D eigenvalue weighted by Crippen LogP contribution is 2.37. The second-order valence-electron chi connectivity index (χ2n) is 7.97. The van der Waals surface area contributed by atoms with Crippen molar-refractivity contribution < 1.29 is 28.6 Å². The maximum absolute atomic E-state index is 13.3. The van der Waals surface area contributed by atoms with Gasteiger partial charge in [-0.3, -0.25) is 14.9 Å². The molecule has 0 unspecified atom stereocenters. The Morgan fingerprint density at radius 1 is 1.03 bits per heavy atom. The molecule has 10 heteroatoms. The topological polar surface area (TPSA) is 99.1 Å². The van der Waals surface area contributed by atoms with Crippen LogP contribution < -0.4 is 24.4 Å². The van der Waals surface area contributed by atoms with E-state index in [1.807, 2.05) is 24.5 Å². The minimum absolute atomic E-state index is 0.0512. The lowest BCUT2D eigenvalue weighted by Gasteiger charge is -2.26. The average Bonchev–Trinajstić information content (AvgIpc) is 3.39. The first-order valence-corrected chi connectivity index (χ1v) is 11.0. The van der Waals surface area contributed by atoms with Gasteiger partial charge in [-0.15, -0.1) is 0 Å². The molecule has 0 saturated carbocycles. The lowest BCUT2D eigenvalue weighted by molar-refractivity contribution is -0.122. The zero-order chi connectivity index (χ0) is 24.9. The van der Waals surface area contributed by atoms with Crippen molar-refractivity contribution in [2.24, 2.45) is 0 Å². The van der Waals surface area contributed by atoms with Crippen LogP contribution in [-0.4, -0.2) is 36.3 Å². The Morgan fingerprint density at radius 3 is 2.57 bits per heavy atom. The Morgan fingerprint density at radius 2 is 1.80 bits per heavy atom. The van der Waals surface area contributed by atoms with E-state index in [1.54, 1.807) is 37.4 Å². The number of urea groups is 1. The highest BCUT2D eigenvalue weighted by atomic mass is 35.5. The number of carbonyl (C=O) groups is 3. The summed E-state index contributed by atoms with van der Waals surface area (Å²) < 4.78 is 18.0. The van der Waals surface area contributed by atoms with Crippen molar-refractivity contribution >= 4 is 41.2 Å². The van der Waals surface area contributed by atoms with Crippen LogP contribution in [-0.2, 0) is 9.59 Å². The Balaban J connectivity index is 1.56. The van der Waals surface area contributed by atoms with E-state index in [0.717, 1.165) is 22.0 Å². The fraction of sp³-hybridized carbons (Fsp3) is 0.160. The molecular weight excluding hydrogens is 474 g/mol. The summed E-state index contributed by atoms with van der Waals surface area (Å²) in [5.41, 5.74) is 3.01. The van der Waals surface area contributed by atoms with E-state index in [-0.39, 0.29) is 18.1 Å². The number of benzene rings is 2. The zero-order valence-corrected chi connectivity index (χ0v) is 19.8. The van der Waals surface area contributed by atoms with Gasteiger partial charge >= 0.3 is 6.03 Å². The summed E-state index contributed by atoms with van der Waals surface area (Å²) in [6, 6.07) is 10.9. The van der Waals surface area contributed by atoms with Gasteiger partial charge in [0, 0.05) is 22.5 Å². The summed E-state index contributed by atoms with van der Waals surface area (Å²) >= 11 is 6.22. The van der Waals surface area contributed by atoms with Crippen molar-refractivity contribution in [1.29, 1.82) is 0 Å². The maximum Gasteiger partial charge on any atom is 0.335 e. The third-order valence-electron chi connectivity index (χ3n) is 5.87. The number of nitrogens with zero attached hydrogens (tertiary/aromatic N) is 2. The average molecular weight is 494 g/mol. The number of aryl methyl sites for hydroxylation is 1. The van der Waals surface area contributed by atoms with Gasteiger partial charge in [-0.1, -0.05) is 11.6 Å². The molecule has 2 aromatic carbocycles. The van der Waals surface area contributed by atoms with Crippen molar-refractivity contribution in [2.75, 3.05) is 18.8 Å². The molecule has 2 aliphatic heterocycles. The number of amides is 4. The molecule has 2 aliphatic rings. The third-order valence-corrected chi connectivity index (χ3v) is 6.10. The molecule has 0 bridgehead atoms. The molecule has 1 aromatic heterocycles. The zero-order valence-electron chi connectivity index (χ0n) is 19.0. The van der Waals surface area contributed by atoms with Crippen molar-refractivity contribution in [2.45, 2.75) is 13.8 Å². The van der Waals surface area contributed by atoms with Gasteiger partial charge in [0.2, 0.25) is 6.79 Å². The highest BCUT2D eigenvalue weighted by Gasteiger charge is 2.37. The molecule has 3 aromatic rings. The number of methoxy groups -OCH3 is 1. The molecular formula is C25H20ClN3O6. The van der Waals surface area contributed by atoms with Gasteiger partial charge in [0.25, 0.3) is 11.8 Å². The van der Waals surface area contributed by atoms with Crippen LogP contribution in [0.5, 0.6) is 17.2 Å². The maximum atomic E-state index is 13.3. The van der Waals surface area contributed by atoms with E-state index in [4.69, 9.17) is 25.8 Å². The molecule has 5 rings (SSSR count). The third kappa shape index (κ3) is 3.79. The van der Waals surface area contributed by atoms with E-state index in [0.29, 0.717) is 27.8 Å². The molecule has 178 valence electrons. The molecule has 35 heavy (non-hydrogen) atoms. The first-order valence-electron chi connectivity index (χ1n) is 10.6. The minimum Gasteiger partial charge on any atom is -0.495 e. The summed E-state index contributed by atoms with van der Waals surface area (Å²) in [6.45, 7) is 3.79. The number of anilines is 1. The van der Waals surface area contributed by atoms with Crippen LogP contribution in [0.4, 0.5) is 10.5 Å². The van der Waals surface area contributed by atoms with E-state index >= 15 is 0 Å². The molecule has 9 nitrogen and oxygen atoms in total. The fourth-order valence-electron chi connectivity index (χ4n) is 4.21. The Labute approximate surface area is 205 Å². The number of fused-ring (bicyclic) bond motifs is 1. The van der Waals surface area contributed by atoms with Crippen LogP contribution in [0.1, 0.15) is 17.0 Å². The number of ether oxygens (including phenoxy) is 3. The predicted molar refractivity (Wildman–Crippen MR) is 128 cm³/mol. The normalized spacial score (nSPS) is 16.2. The number of carbonyl (C=O) groups excluding carboxylic acids is 3. The summed E-state index contributed by atoms with van der Waals surface area (Å²) in [5, 5.41) is 2.77. The van der Waals surface area contributed by atoms with Crippen molar-refractivity contribution in [1.82, 2.24) is 9.88 Å². The standard InChI is InChI=1S/C25H20ClN3O6/c1-13-8-15(14(2)28(13)19-10-16(26)4-6-20(19)33-3)9-18-23(30)27-25(32)29(24(18)31)17-5-7-21-22(11-17)35-12-34-21/h4-11H,12H2,1-3H3,(H,27,30,32)/b18-9+. The molecule has 0 spiro atoms. The van der Waals surface area contributed by atoms with Gasteiger partial charge in [0.15, 0.2) is 11.5 Å². The molecule has 0 radical (unpaired) electrons. The molecule has 1 N–H and O–H groups in total. The number of hydrogen-bond acceptors (Lipinski definition) is 6. The smallest absolute Gasteiger partial charge is 0.335 e. The number of imide groups is 2. The van der Waals surface area contributed by atoms with Crippen molar-refractivity contribution in [3.63, 3.8) is 0 Å². The monoisotopic (exact) mass is 493 g/mol. The summed E-state index contributed by atoms with van der Waals surface area (Å²) in [5.74, 6) is 0.00485. The van der Waals surface area contributed by atoms with Crippen molar-refractivity contribution in [3.8, 4) is 22.9 Å². The van der Waals surface area contributed by atoms with Crippen LogP contribution >= 0.6 is 11.6 Å². The van der Waals surface area contributed by atoms with E-state index < -0.39 is 17.8 Å². The van der Waals surface area contributed by atoms with Gasteiger partial charge in [-0.25, -0.2) is 9.69 Å². The number of aromatic nitrogens is 1. The molecule has 4 amide bonds. The Kier molecular flexibility index (Phi) is 5.49. The summed E-state index contributed by atoms with van der Waals surface area (Å²) in [4.78, 5) is 39.5. The van der Waals surface area contributed by atoms with E-state index in [9.17, 15) is 14.4 Å². The fourth-order valence-corrected chi connectivity index (χ4v) is 4.38. The van der Waals surface area contributed by atoms with E-state index in [1.165, 1.54) is 12.1 Å². The molecule has 0 aliphatic carbocycles. The van der Waals surface area contributed by atoms with Crippen LogP contribution in [0.15, 0.2) is 48.0 Å². The van der Waals surface area contributed by atoms with Crippen LogP contribution in [0.2, 0.25) is 5.02 Å². The number of nitrogens with one attached hydrogen (secondary N) is 1. The minimum atomic E-state index is -0.842. The molecule has 1 saturated heterocycles. The number of barbiturate groups is 1. The van der Waals surface area contributed by atoms with Gasteiger partial charge in [0.1, 0.15) is 11.3 Å². The Hall–Kier alpha value is -4.24. The number of hydrogen-bond donors (Lipinski definition) is 1. The number of halogens is 1. The molecule has 0 atom stereocenters. The van der Waals surface area contributed by atoms with Gasteiger partial charge < -0.3 is 18.8 Å². The van der Waals surface area contributed by atoms with Gasteiger partial charge in [-0.05, 0) is 61.9 Å². The molecule has 1 fully saturated rings. The first-order chi connectivity index (χ1) is 16.8. The molecule has 3 heterocycles. The SMILES string of the molecule is COc1ccc(Cl)cc1-n1c(C)cc(/C=C2\C(=O)NC(=O)N(c3ccc4c(c3)OCO4)C2=O)c1C. The second kappa shape index (κ2) is 8.52. The van der Waals surface area contributed by atoms with Crippen LogP contribution in [0.3, 0.4) is 0 Å². The van der Waals surface area contributed by atoms with Gasteiger partial charge in [-0.2, -0.15) is 0 Å². The first kappa shape index (κ1) is 22.5. The second-order valence-corrected chi connectivity index (χ2v) is 8.41. The van der Waals surface area contributed by atoms with Crippen LogP contribution in [0.25, 0.3) is 11.8 Å². The summed E-state index contributed by atoms with van der Waals surface area (Å²) in [6.07, 6.45) is 1.47. The largest absolute Gasteiger partial charge is 0.495 e. The lowest BCUT2D eigenvalue weighted by atomic mass is 10.1. The lowest BCUT2D eigenvalue weighted by Crippen LogP contribution is -2.54. The van der Waals surface area contributed by atoms with Crippen molar-refractivity contribution in [3.05, 3.63) is 70.0 Å². The highest BCUT2D eigenvalue weighted by molar-refractivity contribution is 6.39. The quantitative estimate of drug-likeness (QED) is 0.433.